The van der Waals surface area contributed by atoms with Crippen molar-refractivity contribution in [2.75, 3.05) is 31.1 Å². The molecule has 3 aromatic heterocycles. The Hall–Kier alpha value is -2.67. The minimum Gasteiger partial charge on any atom is -0.353 e. The molecule has 4 aromatic rings. The molecule has 1 aliphatic rings. The van der Waals surface area contributed by atoms with E-state index < -0.39 is 0 Å². The number of imidazole rings is 1. The molecule has 1 aromatic carbocycles. The minimum absolute atomic E-state index is 0.569. The van der Waals surface area contributed by atoms with Gasteiger partial charge < -0.3 is 10.2 Å². The fourth-order valence-electron chi connectivity index (χ4n) is 3.65. The maximum absolute atomic E-state index is 6.27. The molecule has 5 rings (SSSR count). The van der Waals surface area contributed by atoms with Crippen molar-refractivity contribution in [3.8, 4) is 22.5 Å². The van der Waals surface area contributed by atoms with Gasteiger partial charge >= 0.3 is 0 Å². The molecule has 0 bridgehead atoms. The Bertz CT molecular complexity index is 1150. The number of hydrogen-bond donors (Lipinski definition) is 1. The van der Waals surface area contributed by atoms with Gasteiger partial charge in [0.15, 0.2) is 5.65 Å². The van der Waals surface area contributed by atoms with Crippen LogP contribution < -0.4 is 10.2 Å². The molecule has 0 atom stereocenters. The highest BCUT2D eigenvalue weighted by Gasteiger charge is 2.20. The number of anilines is 1. The number of hydrogen-bond acceptors (Lipinski definition) is 5. The first-order chi connectivity index (χ1) is 14.2. The third kappa shape index (κ3) is 3.55. The standard InChI is InChI=1S/C21H18Cl2N6/c22-16-11-15(12-17(23)13-16)20-21(14-3-5-24-6-4-14)29-18(26-20)1-2-19(27-29)28-9-7-25-8-10-28/h1-6,11-13,25H,7-10H2. The number of nitrogens with one attached hydrogen (secondary N) is 1. The Morgan fingerprint density at radius 1 is 0.862 bits per heavy atom. The van der Waals surface area contributed by atoms with E-state index in [0.29, 0.717) is 10.0 Å². The van der Waals surface area contributed by atoms with Gasteiger partial charge in [-0.3, -0.25) is 4.98 Å². The van der Waals surface area contributed by atoms with E-state index in [1.165, 1.54) is 0 Å². The van der Waals surface area contributed by atoms with Gasteiger partial charge in [0.05, 0.1) is 5.69 Å². The molecule has 0 amide bonds. The molecule has 1 fully saturated rings. The Kier molecular flexibility index (Phi) is 4.83. The topological polar surface area (TPSA) is 58.4 Å². The second-order valence-corrected chi connectivity index (χ2v) is 7.77. The van der Waals surface area contributed by atoms with Gasteiger partial charge in [-0.2, -0.15) is 0 Å². The van der Waals surface area contributed by atoms with Crippen molar-refractivity contribution in [3.05, 3.63) is 64.9 Å². The zero-order valence-electron chi connectivity index (χ0n) is 15.5. The van der Waals surface area contributed by atoms with E-state index >= 15 is 0 Å². The van der Waals surface area contributed by atoms with Gasteiger partial charge in [-0.25, -0.2) is 9.50 Å². The first kappa shape index (κ1) is 18.4. The monoisotopic (exact) mass is 424 g/mol. The van der Waals surface area contributed by atoms with Crippen LogP contribution in [-0.2, 0) is 0 Å². The van der Waals surface area contributed by atoms with Crippen molar-refractivity contribution < 1.29 is 0 Å². The summed E-state index contributed by atoms with van der Waals surface area (Å²) >= 11 is 12.5. The van der Waals surface area contributed by atoms with E-state index in [-0.39, 0.29) is 0 Å². The lowest BCUT2D eigenvalue weighted by molar-refractivity contribution is 0.582. The number of aromatic nitrogens is 4. The van der Waals surface area contributed by atoms with Crippen LogP contribution in [-0.4, -0.2) is 45.8 Å². The van der Waals surface area contributed by atoms with Gasteiger partial charge in [-0.05, 0) is 42.5 Å². The van der Waals surface area contributed by atoms with Crippen LogP contribution in [0.25, 0.3) is 28.2 Å². The molecule has 1 N–H and O–H groups in total. The molecule has 0 spiro atoms. The Balaban J connectivity index is 1.74. The summed E-state index contributed by atoms with van der Waals surface area (Å²) in [6, 6.07) is 13.4. The molecule has 29 heavy (non-hydrogen) atoms. The number of nitrogens with zero attached hydrogens (tertiary/aromatic N) is 5. The summed E-state index contributed by atoms with van der Waals surface area (Å²) in [5.41, 5.74) is 4.26. The molecule has 1 saturated heterocycles. The number of benzene rings is 1. The van der Waals surface area contributed by atoms with E-state index in [1.54, 1.807) is 18.5 Å². The average molecular weight is 425 g/mol. The minimum atomic E-state index is 0.569. The predicted molar refractivity (Wildman–Crippen MR) is 117 cm³/mol. The SMILES string of the molecule is Clc1cc(Cl)cc(-c2nc3ccc(N4CCNCC4)nn3c2-c2ccncc2)c1. The summed E-state index contributed by atoms with van der Waals surface area (Å²) in [7, 11) is 0. The van der Waals surface area contributed by atoms with E-state index in [2.05, 4.69) is 15.2 Å². The highest BCUT2D eigenvalue weighted by atomic mass is 35.5. The third-order valence-corrected chi connectivity index (χ3v) is 5.43. The zero-order valence-corrected chi connectivity index (χ0v) is 17.0. The lowest BCUT2D eigenvalue weighted by Crippen LogP contribution is -2.44. The smallest absolute Gasteiger partial charge is 0.155 e. The van der Waals surface area contributed by atoms with Crippen molar-refractivity contribution in [2.24, 2.45) is 0 Å². The van der Waals surface area contributed by atoms with Gasteiger partial charge in [-0.1, -0.05) is 23.2 Å². The molecule has 0 unspecified atom stereocenters. The number of rotatable bonds is 3. The molecule has 0 aliphatic carbocycles. The van der Waals surface area contributed by atoms with Crippen LogP contribution in [0.15, 0.2) is 54.9 Å². The number of piperazine rings is 1. The van der Waals surface area contributed by atoms with Crippen LogP contribution in [0, 0.1) is 0 Å². The summed E-state index contributed by atoms with van der Waals surface area (Å²) in [5.74, 6) is 0.933. The average Bonchev–Trinajstić information content (AvgIpc) is 3.13. The van der Waals surface area contributed by atoms with Crippen molar-refractivity contribution in [2.45, 2.75) is 0 Å². The van der Waals surface area contributed by atoms with Crippen LogP contribution in [0.3, 0.4) is 0 Å². The second-order valence-electron chi connectivity index (χ2n) is 6.90. The van der Waals surface area contributed by atoms with Crippen molar-refractivity contribution in [1.82, 2.24) is 24.9 Å². The van der Waals surface area contributed by atoms with E-state index in [0.717, 1.165) is 60.2 Å². The van der Waals surface area contributed by atoms with Gasteiger partial charge in [0.1, 0.15) is 11.5 Å². The summed E-state index contributed by atoms with van der Waals surface area (Å²) in [4.78, 5) is 11.3. The van der Waals surface area contributed by atoms with Crippen molar-refractivity contribution in [3.63, 3.8) is 0 Å². The first-order valence-corrected chi connectivity index (χ1v) is 10.2. The maximum atomic E-state index is 6.27. The Labute approximate surface area is 178 Å². The maximum Gasteiger partial charge on any atom is 0.155 e. The highest BCUT2D eigenvalue weighted by molar-refractivity contribution is 6.35. The van der Waals surface area contributed by atoms with Gasteiger partial charge in [0, 0.05) is 59.7 Å². The molecule has 146 valence electrons. The Morgan fingerprint density at radius 2 is 1.59 bits per heavy atom. The van der Waals surface area contributed by atoms with Crippen LogP contribution in [0.2, 0.25) is 10.0 Å². The summed E-state index contributed by atoms with van der Waals surface area (Å²) in [6.45, 7) is 3.75. The van der Waals surface area contributed by atoms with Crippen LogP contribution in [0.5, 0.6) is 0 Å². The van der Waals surface area contributed by atoms with E-state index in [4.69, 9.17) is 33.3 Å². The molecular formula is C21H18Cl2N6. The van der Waals surface area contributed by atoms with E-state index in [9.17, 15) is 0 Å². The number of pyridine rings is 1. The molecule has 1 aliphatic heterocycles. The summed E-state index contributed by atoms with van der Waals surface area (Å²) < 4.78 is 1.90. The second kappa shape index (κ2) is 7.63. The quantitative estimate of drug-likeness (QED) is 0.534. The molecule has 4 heterocycles. The normalized spacial score (nSPS) is 14.5. The number of fused-ring (bicyclic) bond motifs is 1. The van der Waals surface area contributed by atoms with Crippen molar-refractivity contribution in [1.29, 1.82) is 0 Å². The van der Waals surface area contributed by atoms with Crippen LogP contribution >= 0.6 is 23.2 Å². The largest absolute Gasteiger partial charge is 0.353 e. The molecule has 8 heteroatoms. The molecule has 6 nitrogen and oxygen atoms in total. The van der Waals surface area contributed by atoms with Gasteiger partial charge in [0.2, 0.25) is 0 Å². The fourth-order valence-corrected chi connectivity index (χ4v) is 4.17. The van der Waals surface area contributed by atoms with Crippen molar-refractivity contribution >= 4 is 34.7 Å². The lowest BCUT2D eigenvalue weighted by atomic mass is 10.1. The Morgan fingerprint density at radius 3 is 2.31 bits per heavy atom. The first-order valence-electron chi connectivity index (χ1n) is 9.41. The van der Waals surface area contributed by atoms with Gasteiger partial charge in [0.25, 0.3) is 0 Å². The predicted octanol–water partition coefficient (Wildman–Crippen LogP) is 4.17. The third-order valence-electron chi connectivity index (χ3n) is 4.99. The van der Waals surface area contributed by atoms with Gasteiger partial charge in [-0.15, -0.1) is 5.10 Å². The molecule has 0 saturated carbocycles. The molecular weight excluding hydrogens is 407 g/mol. The van der Waals surface area contributed by atoms with E-state index in [1.807, 2.05) is 40.9 Å². The summed E-state index contributed by atoms with van der Waals surface area (Å²) in [5, 5.41) is 9.45. The molecule has 0 radical (unpaired) electrons. The number of halogens is 2. The van der Waals surface area contributed by atoms with Crippen LogP contribution in [0.1, 0.15) is 0 Å². The lowest BCUT2D eigenvalue weighted by Gasteiger charge is -2.28. The fraction of sp³-hybridized carbons (Fsp3) is 0.190. The summed E-state index contributed by atoms with van der Waals surface area (Å²) in [6.07, 6.45) is 3.53. The highest BCUT2D eigenvalue weighted by Crippen LogP contribution is 2.35. The van der Waals surface area contributed by atoms with Crippen LogP contribution in [0.4, 0.5) is 5.82 Å². The zero-order chi connectivity index (χ0) is 19.8.